The molecule has 0 saturated carbocycles. The molecule has 5 heteroatoms. The summed E-state index contributed by atoms with van der Waals surface area (Å²) >= 11 is 0. The van der Waals surface area contributed by atoms with Crippen LogP contribution in [0.4, 0.5) is 0 Å². The molecule has 0 atom stereocenters. The summed E-state index contributed by atoms with van der Waals surface area (Å²) in [5, 5.41) is 3.23. The first-order valence-corrected chi connectivity index (χ1v) is 4.31. The molecular formula is C9H9N3O2. The monoisotopic (exact) mass is 191 g/mol. The van der Waals surface area contributed by atoms with Crippen LogP contribution in [0.15, 0.2) is 28.0 Å². The lowest BCUT2D eigenvalue weighted by Crippen LogP contribution is -2.29. The van der Waals surface area contributed by atoms with E-state index in [1.54, 1.807) is 6.92 Å². The smallest absolute Gasteiger partial charge is 0.267 e. The molecule has 0 aromatic carbocycles. The Hall–Kier alpha value is -1.91. The van der Waals surface area contributed by atoms with E-state index >= 15 is 0 Å². The van der Waals surface area contributed by atoms with E-state index in [0.717, 1.165) is 0 Å². The summed E-state index contributed by atoms with van der Waals surface area (Å²) in [5.41, 5.74) is -0.473. The highest BCUT2D eigenvalue weighted by Gasteiger charge is 2.04. The van der Waals surface area contributed by atoms with Crippen LogP contribution in [0.1, 0.15) is 6.92 Å². The third-order valence-corrected chi connectivity index (χ3v) is 2.09. The molecular weight excluding hydrogens is 182 g/mol. The first-order valence-electron chi connectivity index (χ1n) is 4.31. The molecule has 1 N–H and O–H groups in total. The Labute approximate surface area is 79.0 Å². The highest BCUT2D eigenvalue weighted by molar-refractivity contribution is 5.78. The quantitative estimate of drug-likeness (QED) is 0.695. The topological polar surface area (TPSA) is 67.8 Å². The molecule has 0 aliphatic carbocycles. The molecule has 0 unspecified atom stereocenters. The van der Waals surface area contributed by atoms with Gasteiger partial charge in [-0.2, -0.15) is 0 Å². The molecule has 0 amide bonds. The van der Waals surface area contributed by atoms with Crippen LogP contribution in [0.3, 0.4) is 0 Å². The maximum Gasteiger partial charge on any atom is 0.274 e. The highest BCUT2D eigenvalue weighted by atomic mass is 16.2. The Balaban J connectivity index is 3.03. The van der Waals surface area contributed by atoms with Gasteiger partial charge in [-0.25, -0.2) is 4.68 Å². The molecule has 72 valence electrons. The Morgan fingerprint density at radius 2 is 2.21 bits per heavy atom. The Bertz CT molecular complexity index is 582. The lowest BCUT2D eigenvalue weighted by molar-refractivity contribution is 0.613. The van der Waals surface area contributed by atoms with Gasteiger partial charge in [0, 0.05) is 18.9 Å². The van der Waals surface area contributed by atoms with Gasteiger partial charge in [-0.05, 0) is 13.0 Å². The van der Waals surface area contributed by atoms with E-state index in [9.17, 15) is 9.59 Å². The number of aromatic amines is 1. The Morgan fingerprint density at radius 3 is 2.93 bits per heavy atom. The van der Waals surface area contributed by atoms with Gasteiger partial charge in [-0.3, -0.25) is 19.7 Å². The predicted molar refractivity (Wildman–Crippen MR) is 52.3 cm³/mol. The maximum atomic E-state index is 11.7. The van der Waals surface area contributed by atoms with Gasteiger partial charge in [-0.15, -0.1) is 0 Å². The molecule has 0 bridgehead atoms. The normalized spacial score (nSPS) is 10.6. The van der Waals surface area contributed by atoms with Gasteiger partial charge in [0.25, 0.3) is 11.1 Å². The second kappa shape index (κ2) is 3.10. The minimum absolute atomic E-state index is 0.213. The molecule has 0 saturated heterocycles. The van der Waals surface area contributed by atoms with Crippen molar-refractivity contribution in [2.45, 2.75) is 13.5 Å². The summed E-state index contributed by atoms with van der Waals surface area (Å²) in [6.07, 6.45) is 2.91. The number of nitrogens with one attached hydrogen (secondary N) is 1. The average molecular weight is 191 g/mol. The molecule has 5 nitrogen and oxygen atoms in total. The molecule has 2 aromatic heterocycles. The predicted octanol–water partition coefficient (Wildman–Crippen LogP) is 0.105. The zero-order valence-corrected chi connectivity index (χ0v) is 7.65. The zero-order valence-electron chi connectivity index (χ0n) is 7.65. The second-order valence-corrected chi connectivity index (χ2v) is 2.91. The summed E-state index contributed by atoms with van der Waals surface area (Å²) < 4.78 is 1.27. The number of aromatic nitrogens is 3. The third kappa shape index (κ3) is 1.14. The van der Waals surface area contributed by atoms with Crippen LogP contribution in [0.25, 0.3) is 10.8 Å². The van der Waals surface area contributed by atoms with Crippen molar-refractivity contribution >= 4 is 10.8 Å². The van der Waals surface area contributed by atoms with Crippen molar-refractivity contribution in [1.29, 1.82) is 0 Å². The lowest BCUT2D eigenvalue weighted by atomic mass is 10.2. The summed E-state index contributed by atoms with van der Waals surface area (Å²) in [7, 11) is 0. The molecule has 0 spiro atoms. The largest absolute Gasteiger partial charge is 0.274 e. The summed E-state index contributed by atoms with van der Waals surface area (Å²) in [6, 6.07) is 1.54. The standard InChI is InChI=1S/C9H9N3O2/c1-2-12-9(14)7-5-10-4-3-6(7)8(13)11-12/h3-5H,2H2,1H3,(H,11,13). The van der Waals surface area contributed by atoms with Crippen LogP contribution in [0.5, 0.6) is 0 Å². The fourth-order valence-corrected chi connectivity index (χ4v) is 1.36. The number of pyridine rings is 1. The second-order valence-electron chi connectivity index (χ2n) is 2.91. The number of fused-ring (bicyclic) bond motifs is 1. The van der Waals surface area contributed by atoms with Crippen LogP contribution in [0.2, 0.25) is 0 Å². The number of rotatable bonds is 1. The van der Waals surface area contributed by atoms with E-state index in [0.29, 0.717) is 17.3 Å². The molecule has 2 heterocycles. The Kier molecular flexibility index (Phi) is 1.92. The van der Waals surface area contributed by atoms with Crippen LogP contribution in [-0.4, -0.2) is 14.8 Å². The molecule has 0 aliphatic rings. The van der Waals surface area contributed by atoms with Crippen LogP contribution < -0.4 is 11.1 Å². The van der Waals surface area contributed by atoms with Crippen molar-refractivity contribution in [2.75, 3.05) is 0 Å². The van der Waals surface area contributed by atoms with E-state index in [-0.39, 0.29) is 11.1 Å². The minimum Gasteiger partial charge on any atom is -0.267 e. The summed E-state index contributed by atoms with van der Waals surface area (Å²) in [6.45, 7) is 2.23. The summed E-state index contributed by atoms with van der Waals surface area (Å²) in [5.74, 6) is 0. The van der Waals surface area contributed by atoms with Gasteiger partial charge in [0.15, 0.2) is 0 Å². The minimum atomic E-state index is -0.260. The van der Waals surface area contributed by atoms with E-state index in [1.807, 2.05) is 0 Å². The first-order chi connectivity index (χ1) is 6.74. The van der Waals surface area contributed by atoms with Crippen molar-refractivity contribution in [3.05, 3.63) is 39.2 Å². The van der Waals surface area contributed by atoms with Crippen LogP contribution in [0, 0.1) is 0 Å². The van der Waals surface area contributed by atoms with Gasteiger partial charge < -0.3 is 0 Å². The van der Waals surface area contributed by atoms with Crippen LogP contribution >= 0.6 is 0 Å². The van der Waals surface area contributed by atoms with Gasteiger partial charge in [0.05, 0.1) is 10.8 Å². The van der Waals surface area contributed by atoms with Gasteiger partial charge in [0.2, 0.25) is 0 Å². The SMILES string of the molecule is CCn1[nH]c(=O)c2ccncc2c1=O. The number of aryl methyl sites for hydroxylation is 1. The van der Waals surface area contributed by atoms with E-state index in [4.69, 9.17) is 0 Å². The van der Waals surface area contributed by atoms with E-state index < -0.39 is 0 Å². The van der Waals surface area contributed by atoms with E-state index in [2.05, 4.69) is 10.1 Å². The highest BCUT2D eigenvalue weighted by Crippen LogP contribution is 1.99. The number of H-pyrrole nitrogens is 1. The van der Waals surface area contributed by atoms with Crippen LogP contribution in [-0.2, 0) is 6.54 Å². The van der Waals surface area contributed by atoms with Gasteiger partial charge in [0.1, 0.15) is 0 Å². The van der Waals surface area contributed by atoms with Crippen molar-refractivity contribution in [1.82, 2.24) is 14.8 Å². The van der Waals surface area contributed by atoms with Crippen molar-refractivity contribution in [3.8, 4) is 0 Å². The maximum absolute atomic E-state index is 11.7. The van der Waals surface area contributed by atoms with Crippen molar-refractivity contribution in [3.63, 3.8) is 0 Å². The molecule has 0 aliphatic heterocycles. The molecule has 2 rings (SSSR count). The molecule has 14 heavy (non-hydrogen) atoms. The van der Waals surface area contributed by atoms with Gasteiger partial charge in [-0.1, -0.05) is 0 Å². The third-order valence-electron chi connectivity index (χ3n) is 2.09. The number of nitrogens with zero attached hydrogens (tertiary/aromatic N) is 2. The van der Waals surface area contributed by atoms with Gasteiger partial charge >= 0.3 is 0 Å². The van der Waals surface area contributed by atoms with Crippen molar-refractivity contribution in [2.24, 2.45) is 0 Å². The summed E-state index contributed by atoms with van der Waals surface area (Å²) in [4.78, 5) is 27.0. The lowest BCUT2D eigenvalue weighted by Gasteiger charge is -2.02. The number of hydrogen-bond acceptors (Lipinski definition) is 3. The molecule has 2 aromatic rings. The Morgan fingerprint density at radius 1 is 1.43 bits per heavy atom. The fourth-order valence-electron chi connectivity index (χ4n) is 1.36. The van der Waals surface area contributed by atoms with Crippen molar-refractivity contribution < 1.29 is 0 Å². The fraction of sp³-hybridized carbons (Fsp3) is 0.222. The van der Waals surface area contributed by atoms with E-state index in [1.165, 1.54) is 23.1 Å². The molecule has 0 fully saturated rings. The first kappa shape index (κ1) is 8.68. The molecule has 0 radical (unpaired) electrons. The zero-order chi connectivity index (χ0) is 10.1. The average Bonchev–Trinajstić information content (AvgIpc) is 2.23. The number of hydrogen-bond donors (Lipinski definition) is 1.